The molecule has 1 aromatic heterocycles. The van der Waals surface area contributed by atoms with Gasteiger partial charge in [-0.15, -0.1) is 0 Å². The first-order chi connectivity index (χ1) is 7.62. The van der Waals surface area contributed by atoms with Gasteiger partial charge in [-0.3, -0.25) is 4.98 Å². The van der Waals surface area contributed by atoms with Gasteiger partial charge in [0.1, 0.15) is 4.90 Å². The molecule has 80 valence electrons. The number of hydrogen-bond acceptors (Lipinski definition) is 3. The van der Waals surface area contributed by atoms with E-state index in [0.717, 1.165) is 11.1 Å². The van der Waals surface area contributed by atoms with E-state index in [9.17, 15) is 8.42 Å². The molecule has 3 nitrogen and oxygen atoms in total. The highest BCUT2D eigenvalue weighted by Crippen LogP contribution is 2.43. The molecule has 4 heteroatoms. The van der Waals surface area contributed by atoms with Crippen molar-refractivity contribution in [2.24, 2.45) is 0 Å². The van der Waals surface area contributed by atoms with Crippen LogP contribution in [-0.2, 0) is 9.84 Å². The normalized spacial score (nSPS) is 15.6. The lowest BCUT2D eigenvalue weighted by atomic mass is 10.1. The van der Waals surface area contributed by atoms with E-state index in [0.29, 0.717) is 15.5 Å². The predicted molar refractivity (Wildman–Crippen MR) is 59.9 cm³/mol. The van der Waals surface area contributed by atoms with Gasteiger partial charge in [-0.05, 0) is 19.1 Å². The highest BCUT2D eigenvalue weighted by atomic mass is 32.2. The van der Waals surface area contributed by atoms with Crippen LogP contribution >= 0.6 is 0 Å². The van der Waals surface area contributed by atoms with Crippen molar-refractivity contribution in [3.8, 4) is 11.1 Å². The van der Waals surface area contributed by atoms with Crippen LogP contribution < -0.4 is 0 Å². The fourth-order valence-corrected chi connectivity index (χ4v) is 3.99. The molecular formula is C12H9NO2S. The zero-order valence-electron chi connectivity index (χ0n) is 8.64. The van der Waals surface area contributed by atoms with Crippen LogP contribution in [0.3, 0.4) is 0 Å². The summed E-state index contributed by atoms with van der Waals surface area (Å²) in [5.74, 6) is 0. The van der Waals surface area contributed by atoms with E-state index in [4.69, 9.17) is 0 Å². The SMILES string of the molecule is Cc1nccc2c1S(=O)(=O)c1ccccc1-2. The summed E-state index contributed by atoms with van der Waals surface area (Å²) < 4.78 is 24.5. The monoisotopic (exact) mass is 231 g/mol. The molecule has 2 aromatic rings. The second-order valence-electron chi connectivity index (χ2n) is 3.77. The maximum atomic E-state index is 12.3. The van der Waals surface area contributed by atoms with Crippen LogP contribution in [0.25, 0.3) is 11.1 Å². The van der Waals surface area contributed by atoms with Crippen LogP contribution in [0.1, 0.15) is 5.69 Å². The lowest BCUT2D eigenvalue weighted by Crippen LogP contribution is -2.00. The molecule has 0 saturated carbocycles. The molecule has 1 aliphatic rings. The van der Waals surface area contributed by atoms with Crippen molar-refractivity contribution in [2.45, 2.75) is 16.7 Å². The second kappa shape index (κ2) is 2.92. The van der Waals surface area contributed by atoms with Gasteiger partial charge in [-0.1, -0.05) is 18.2 Å². The average molecular weight is 231 g/mol. The molecule has 0 aliphatic carbocycles. The Morgan fingerprint density at radius 2 is 1.81 bits per heavy atom. The zero-order chi connectivity index (χ0) is 11.3. The summed E-state index contributed by atoms with van der Waals surface area (Å²) in [5.41, 5.74) is 2.11. The van der Waals surface area contributed by atoms with Gasteiger partial charge in [0.15, 0.2) is 0 Å². The highest BCUT2D eigenvalue weighted by Gasteiger charge is 2.34. The number of hydrogen-bond donors (Lipinski definition) is 0. The van der Waals surface area contributed by atoms with Gasteiger partial charge in [0, 0.05) is 17.3 Å². The summed E-state index contributed by atoms with van der Waals surface area (Å²) in [6, 6.07) is 8.82. The van der Waals surface area contributed by atoms with Crippen LogP contribution in [0.15, 0.2) is 46.3 Å². The minimum absolute atomic E-state index is 0.358. The van der Waals surface area contributed by atoms with Crippen molar-refractivity contribution in [1.29, 1.82) is 0 Å². The molecule has 16 heavy (non-hydrogen) atoms. The lowest BCUT2D eigenvalue weighted by molar-refractivity contribution is 0.597. The summed E-state index contributed by atoms with van der Waals surface area (Å²) in [5, 5.41) is 0. The predicted octanol–water partition coefficient (Wildman–Crippen LogP) is 2.20. The molecule has 0 amide bonds. The number of rotatable bonds is 0. The van der Waals surface area contributed by atoms with E-state index >= 15 is 0 Å². The van der Waals surface area contributed by atoms with Gasteiger partial charge >= 0.3 is 0 Å². The van der Waals surface area contributed by atoms with Crippen LogP contribution in [0.2, 0.25) is 0 Å². The van der Waals surface area contributed by atoms with E-state index in [2.05, 4.69) is 4.98 Å². The summed E-state index contributed by atoms with van der Waals surface area (Å²) in [6.07, 6.45) is 1.64. The Labute approximate surface area is 93.7 Å². The maximum absolute atomic E-state index is 12.3. The number of pyridine rings is 1. The van der Waals surface area contributed by atoms with Crippen molar-refractivity contribution in [1.82, 2.24) is 4.98 Å². The van der Waals surface area contributed by atoms with Gasteiger partial charge in [-0.2, -0.15) is 0 Å². The smallest absolute Gasteiger partial charge is 0.209 e. The molecule has 1 aromatic carbocycles. The quantitative estimate of drug-likeness (QED) is 0.596. The van der Waals surface area contributed by atoms with Crippen molar-refractivity contribution < 1.29 is 8.42 Å². The van der Waals surface area contributed by atoms with E-state index in [1.54, 1.807) is 31.3 Å². The largest absolute Gasteiger partial charge is 0.260 e. The minimum atomic E-state index is -3.36. The number of aryl methyl sites for hydroxylation is 1. The zero-order valence-corrected chi connectivity index (χ0v) is 9.45. The fourth-order valence-electron chi connectivity index (χ4n) is 2.14. The fraction of sp³-hybridized carbons (Fsp3) is 0.0833. The van der Waals surface area contributed by atoms with Crippen LogP contribution in [0, 0.1) is 6.92 Å². The third-order valence-corrected chi connectivity index (χ3v) is 4.81. The molecule has 0 radical (unpaired) electrons. The molecule has 0 saturated heterocycles. The van der Waals surface area contributed by atoms with Crippen molar-refractivity contribution in [3.63, 3.8) is 0 Å². The van der Waals surface area contributed by atoms with E-state index in [1.165, 1.54) is 0 Å². The van der Waals surface area contributed by atoms with Gasteiger partial charge in [-0.25, -0.2) is 8.42 Å². The molecule has 0 N–H and O–H groups in total. The number of nitrogens with zero attached hydrogens (tertiary/aromatic N) is 1. The standard InChI is InChI=1S/C12H9NO2S/c1-8-12-10(6-7-13-8)9-4-2-3-5-11(9)16(12,14)15/h2-7H,1H3. The number of fused-ring (bicyclic) bond motifs is 3. The Morgan fingerprint density at radius 1 is 1.06 bits per heavy atom. The molecule has 0 fully saturated rings. The maximum Gasteiger partial charge on any atom is 0.209 e. The topological polar surface area (TPSA) is 47.0 Å². The van der Waals surface area contributed by atoms with Gasteiger partial charge < -0.3 is 0 Å². The molecule has 2 heterocycles. The van der Waals surface area contributed by atoms with Gasteiger partial charge in [0.25, 0.3) is 0 Å². The third kappa shape index (κ3) is 1.02. The molecule has 0 spiro atoms. The van der Waals surface area contributed by atoms with E-state index in [1.807, 2.05) is 12.1 Å². The van der Waals surface area contributed by atoms with E-state index in [-0.39, 0.29) is 0 Å². The molecular weight excluding hydrogens is 222 g/mol. The number of sulfone groups is 1. The van der Waals surface area contributed by atoms with Crippen molar-refractivity contribution in [3.05, 3.63) is 42.2 Å². The van der Waals surface area contributed by atoms with Crippen molar-refractivity contribution in [2.75, 3.05) is 0 Å². The third-order valence-electron chi connectivity index (χ3n) is 2.82. The molecule has 0 unspecified atom stereocenters. The second-order valence-corrected chi connectivity index (χ2v) is 5.63. The van der Waals surface area contributed by atoms with Gasteiger partial charge in [0.05, 0.1) is 10.6 Å². The van der Waals surface area contributed by atoms with Crippen LogP contribution in [-0.4, -0.2) is 13.4 Å². The summed E-state index contributed by atoms with van der Waals surface area (Å²) in [6.45, 7) is 1.72. The van der Waals surface area contributed by atoms with Crippen LogP contribution in [0.4, 0.5) is 0 Å². The van der Waals surface area contributed by atoms with Crippen LogP contribution in [0.5, 0.6) is 0 Å². The lowest BCUT2D eigenvalue weighted by Gasteiger charge is -2.00. The summed E-state index contributed by atoms with van der Waals surface area (Å²) >= 11 is 0. The Kier molecular flexibility index (Phi) is 1.74. The molecule has 3 rings (SSSR count). The van der Waals surface area contributed by atoms with E-state index < -0.39 is 9.84 Å². The average Bonchev–Trinajstić information content (AvgIpc) is 2.50. The Bertz CT molecular complexity index is 690. The summed E-state index contributed by atoms with van der Waals surface area (Å²) in [7, 11) is -3.36. The summed E-state index contributed by atoms with van der Waals surface area (Å²) in [4.78, 5) is 4.80. The molecule has 0 atom stereocenters. The Morgan fingerprint density at radius 3 is 2.62 bits per heavy atom. The van der Waals surface area contributed by atoms with Gasteiger partial charge in [0.2, 0.25) is 9.84 Å². The highest BCUT2D eigenvalue weighted by molar-refractivity contribution is 7.92. The minimum Gasteiger partial charge on any atom is -0.260 e. The number of benzene rings is 1. The molecule has 0 bridgehead atoms. The Hall–Kier alpha value is -1.68. The van der Waals surface area contributed by atoms with Crippen molar-refractivity contribution >= 4 is 9.84 Å². The number of aromatic nitrogens is 1. The first kappa shape index (κ1) is 9.54. The Balaban J connectivity index is 2.55. The molecule has 1 aliphatic heterocycles. The first-order valence-electron chi connectivity index (χ1n) is 4.92. The first-order valence-corrected chi connectivity index (χ1v) is 6.41.